The van der Waals surface area contributed by atoms with Crippen molar-refractivity contribution in [3.8, 4) is 0 Å². The average molecular weight is 272 g/mol. The van der Waals surface area contributed by atoms with Crippen molar-refractivity contribution in [1.82, 2.24) is 4.90 Å². The number of anilines is 1. The fourth-order valence-corrected chi connectivity index (χ4v) is 3.10. The summed E-state index contributed by atoms with van der Waals surface area (Å²) in [6.45, 7) is 2.24. The molecule has 106 valence electrons. The Morgan fingerprint density at radius 2 is 1.75 bits per heavy atom. The van der Waals surface area contributed by atoms with Gasteiger partial charge in [0.05, 0.1) is 5.92 Å². The second-order valence-electron chi connectivity index (χ2n) is 5.63. The third-order valence-electron chi connectivity index (χ3n) is 4.21. The van der Waals surface area contributed by atoms with Crippen LogP contribution in [0, 0.1) is 5.92 Å². The van der Waals surface area contributed by atoms with E-state index in [4.69, 9.17) is 0 Å². The predicted molar refractivity (Wildman–Crippen MR) is 77.3 cm³/mol. The van der Waals surface area contributed by atoms with Gasteiger partial charge in [0.15, 0.2) is 0 Å². The zero-order valence-corrected chi connectivity index (χ0v) is 11.6. The molecule has 2 saturated heterocycles. The van der Waals surface area contributed by atoms with Gasteiger partial charge in [0.25, 0.3) is 0 Å². The molecule has 0 aromatic heterocycles. The minimum atomic E-state index is -0.166. The molecule has 1 aromatic carbocycles. The first-order valence-corrected chi connectivity index (χ1v) is 7.40. The Morgan fingerprint density at radius 1 is 1.05 bits per heavy atom. The van der Waals surface area contributed by atoms with Crippen molar-refractivity contribution in [2.24, 2.45) is 5.92 Å². The first-order valence-electron chi connectivity index (χ1n) is 7.40. The van der Waals surface area contributed by atoms with Crippen molar-refractivity contribution in [1.29, 1.82) is 0 Å². The molecule has 0 radical (unpaired) electrons. The molecule has 20 heavy (non-hydrogen) atoms. The van der Waals surface area contributed by atoms with Gasteiger partial charge < -0.3 is 9.80 Å². The van der Waals surface area contributed by atoms with E-state index in [-0.39, 0.29) is 17.7 Å². The van der Waals surface area contributed by atoms with Gasteiger partial charge in [0, 0.05) is 31.7 Å². The van der Waals surface area contributed by atoms with Crippen LogP contribution in [0.2, 0.25) is 0 Å². The highest BCUT2D eigenvalue weighted by molar-refractivity contribution is 6.00. The maximum Gasteiger partial charge on any atom is 0.228 e. The molecule has 0 N–H and O–H groups in total. The van der Waals surface area contributed by atoms with E-state index in [1.54, 1.807) is 4.90 Å². The molecule has 0 saturated carbocycles. The molecule has 2 amide bonds. The van der Waals surface area contributed by atoms with Crippen LogP contribution in [0.4, 0.5) is 5.69 Å². The van der Waals surface area contributed by atoms with Gasteiger partial charge in [-0.05, 0) is 31.4 Å². The highest BCUT2D eigenvalue weighted by Crippen LogP contribution is 2.26. The topological polar surface area (TPSA) is 40.6 Å². The van der Waals surface area contributed by atoms with Gasteiger partial charge in [-0.3, -0.25) is 9.59 Å². The van der Waals surface area contributed by atoms with Crippen LogP contribution in [0.5, 0.6) is 0 Å². The normalized spacial score (nSPS) is 23.2. The summed E-state index contributed by atoms with van der Waals surface area (Å²) >= 11 is 0. The fourth-order valence-electron chi connectivity index (χ4n) is 3.10. The van der Waals surface area contributed by atoms with Gasteiger partial charge >= 0.3 is 0 Å². The Morgan fingerprint density at radius 3 is 2.45 bits per heavy atom. The summed E-state index contributed by atoms with van der Waals surface area (Å²) in [6.07, 6.45) is 3.75. The SMILES string of the molecule is O=C(C1CC(=O)N(c2ccccc2)C1)N1CCCCC1. The van der Waals surface area contributed by atoms with Gasteiger partial charge in [-0.15, -0.1) is 0 Å². The number of carbonyl (C=O) groups excluding carboxylic acids is 2. The molecule has 1 aromatic rings. The summed E-state index contributed by atoms with van der Waals surface area (Å²) in [5.74, 6) is 0.0591. The minimum absolute atomic E-state index is 0.0616. The van der Waals surface area contributed by atoms with Crippen molar-refractivity contribution >= 4 is 17.5 Å². The molecule has 2 fully saturated rings. The molecule has 0 bridgehead atoms. The average Bonchev–Trinajstić information content (AvgIpc) is 2.90. The van der Waals surface area contributed by atoms with E-state index in [0.29, 0.717) is 13.0 Å². The Kier molecular flexibility index (Phi) is 3.72. The van der Waals surface area contributed by atoms with Gasteiger partial charge in [-0.1, -0.05) is 18.2 Å². The smallest absolute Gasteiger partial charge is 0.228 e. The molecule has 1 unspecified atom stereocenters. The van der Waals surface area contributed by atoms with Crippen LogP contribution in [0.1, 0.15) is 25.7 Å². The number of benzene rings is 1. The van der Waals surface area contributed by atoms with E-state index >= 15 is 0 Å². The van der Waals surface area contributed by atoms with Crippen LogP contribution in [0.3, 0.4) is 0 Å². The van der Waals surface area contributed by atoms with Crippen LogP contribution in [-0.4, -0.2) is 36.3 Å². The number of likely N-dealkylation sites (tertiary alicyclic amines) is 1. The van der Waals surface area contributed by atoms with Crippen LogP contribution in [-0.2, 0) is 9.59 Å². The van der Waals surface area contributed by atoms with Gasteiger partial charge in [-0.25, -0.2) is 0 Å². The molecule has 2 aliphatic rings. The standard InChI is InChI=1S/C16H20N2O2/c19-15-11-13(16(20)17-9-5-2-6-10-17)12-18(15)14-7-3-1-4-8-14/h1,3-4,7-8,13H,2,5-6,9-12H2. The highest BCUT2D eigenvalue weighted by Gasteiger charge is 2.37. The summed E-state index contributed by atoms with van der Waals surface area (Å²) in [6, 6.07) is 9.61. The van der Waals surface area contributed by atoms with Crippen LogP contribution >= 0.6 is 0 Å². The monoisotopic (exact) mass is 272 g/mol. The van der Waals surface area contributed by atoms with E-state index in [9.17, 15) is 9.59 Å². The first kappa shape index (κ1) is 13.2. The van der Waals surface area contributed by atoms with E-state index in [2.05, 4.69) is 0 Å². The number of carbonyl (C=O) groups is 2. The number of rotatable bonds is 2. The third kappa shape index (κ3) is 2.55. The molecule has 4 heteroatoms. The second-order valence-corrected chi connectivity index (χ2v) is 5.63. The Bertz CT molecular complexity index is 494. The number of para-hydroxylation sites is 1. The van der Waals surface area contributed by atoms with Crippen molar-refractivity contribution in [3.05, 3.63) is 30.3 Å². The number of nitrogens with zero attached hydrogens (tertiary/aromatic N) is 2. The van der Waals surface area contributed by atoms with Crippen LogP contribution in [0.25, 0.3) is 0 Å². The number of piperidine rings is 1. The lowest BCUT2D eigenvalue weighted by Gasteiger charge is -2.29. The quantitative estimate of drug-likeness (QED) is 0.826. The lowest BCUT2D eigenvalue weighted by Crippen LogP contribution is -2.40. The number of hydrogen-bond donors (Lipinski definition) is 0. The van der Waals surface area contributed by atoms with Crippen LogP contribution in [0.15, 0.2) is 30.3 Å². The number of hydrogen-bond acceptors (Lipinski definition) is 2. The second kappa shape index (κ2) is 5.65. The van der Waals surface area contributed by atoms with E-state index < -0.39 is 0 Å². The van der Waals surface area contributed by atoms with E-state index in [1.165, 1.54) is 6.42 Å². The van der Waals surface area contributed by atoms with Crippen molar-refractivity contribution in [2.45, 2.75) is 25.7 Å². The van der Waals surface area contributed by atoms with Crippen molar-refractivity contribution in [3.63, 3.8) is 0 Å². The van der Waals surface area contributed by atoms with Crippen molar-refractivity contribution in [2.75, 3.05) is 24.5 Å². The Hall–Kier alpha value is -1.84. The summed E-state index contributed by atoms with van der Waals surface area (Å²) in [5.41, 5.74) is 0.895. The lowest BCUT2D eigenvalue weighted by atomic mass is 10.0. The predicted octanol–water partition coefficient (Wildman–Crippen LogP) is 2.05. The molecule has 0 spiro atoms. The maximum atomic E-state index is 12.5. The Balaban J connectivity index is 1.68. The van der Waals surface area contributed by atoms with Crippen LogP contribution < -0.4 is 4.90 Å². The molecular formula is C16H20N2O2. The van der Waals surface area contributed by atoms with Gasteiger partial charge in [0.1, 0.15) is 0 Å². The maximum absolute atomic E-state index is 12.5. The summed E-state index contributed by atoms with van der Waals surface area (Å²) < 4.78 is 0. The summed E-state index contributed by atoms with van der Waals surface area (Å²) in [4.78, 5) is 28.3. The molecule has 2 heterocycles. The summed E-state index contributed by atoms with van der Waals surface area (Å²) in [5, 5.41) is 0. The molecule has 0 aliphatic carbocycles. The van der Waals surface area contributed by atoms with Gasteiger partial charge in [-0.2, -0.15) is 0 Å². The fraction of sp³-hybridized carbons (Fsp3) is 0.500. The molecule has 1 atom stereocenters. The third-order valence-corrected chi connectivity index (χ3v) is 4.21. The van der Waals surface area contributed by atoms with E-state index in [0.717, 1.165) is 31.6 Å². The highest BCUT2D eigenvalue weighted by atomic mass is 16.2. The zero-order chi connectivity index (χ0) is 13.9. The minimum Gasteiger partial charge on any atom is -0.342 e. The molecule has 2 aliphatic heterocycles. The van der Waals surface area contributed by atoms with Gasteiger partial charge in [0.2, 0.25) is 11.8 Å². The molecule has 3 rings (SSSR count). The zero-order valence-electron chi connectivity index (χ0n) is 11.6. The number of amides is 2. The van der Waals surface area contributed by atoms with Crippen molar-refractivity contribution < 1.29 is 9.59 Å². The van der Waals surface area contributed by atoms with E-state index in [1.807, 2.05) is 35.2 Å². The Labute approximate surface area is 119 Å². The molecule has 4 nitrogen and oxygen atoms in total. The largest absolute Gasteiger partial charge is 0.342 e. The first-order chi connectivity index (χ1) is 9.75. The summed E-state index contributed by atoms with van der Waals surface area (Å²) in [7, 11) is 0. The lowest BCUT2D eigenvalue weighted by molar-refractivity contribution is -0.136. The molecular weight excluding hydrogens is 252 g/mol.